The van der Waals surface area contributed by atoms with Gasteiger partial charge in [0.2, 0.25) is 0 Å². The second-order valence-electron chi connectivity index (χ2n) is 13.3. The van der Waals surface area contributed by atoms with E-state index < -0.39 is 46.7 Å². The van der Waals surface area contributed by atoms with E-state index in [0.29, 0.717) is 29.6 Å². The van der Waals surface area contributed by atoms with E-state index in [2.05, 4.69) is 13.5 Å². The van der Waals surface area contributed by atoms with Gasteiger partial charge in [-0.15, -0.1) is 0 Å². The summed E-state index contributed by atoms with van der Waals surface area (Å²) in [6.45, 7) is 10.0. The van der Waals surface area contributed by atoms with Gasteiger partial charge in [-0.05, 0) is 66.2 Å². The molecule has 2 aliphatic heterocycles. The van der Waals surface area contributed by atoms with Crippen LogP contribution in [0.2, 0.25) is 0 Å². The molecule has 0 radical (unpaired) electrons. The van der Waals surface area contributed by atoms with E-state index in [-0.39, 0.29) is 36.9 Å². The molecule has 8 nitrogen and oxygen atoms in total. The number of esters is 1. The van der Waals surface area contributed by atoms with Crippen molar-refractivity contribution < 1.29 is 38.7 Å². The molecule has 230 valence electrons. The number of hydrogen-bond donors (Lipinski definition) is 2. The number of carbonyl (C=O) groups excluding carboxylic acids is 2. The minimum absolute atomic E-state index is 0.00446. The molecule has 1 saturated carbocycles. The summed E-state index contributed by atoms with van der Waals surface area (Å²) in [6, 6.07) is 16.2. The first-order valence-electron chi connectivity index (χ1n) is 15.3. The fourth-order valence-electron chi connectivity index (χ4n) is 8.49. The van der Waals surface area contributed by atoms with Gasteiger partial charge in [-0.3, -0.25) is 9.59 Å². The fraction of sp³-hybridized carbons (Fsp3) is 0.444. The van der Waals surface area contributed by atoms with E-state index in [0.717, 1.165) is 11.1 Å². The number of ketones is 1. The zero-order valence-corrected chi connectivity index (χ0v) is 25.2. The molecule has 44 heavy (non-hydrogen) atoms. The highest BCUT2D eigenvalue weighted by atomic mass is 16.9. The number of rotatable bonds is 7. The van der Waals surface area contributed by atoms with Crippen LogP contribution in [0.1, 0.15) is 44.7 Å². The van der Waals surface area contributed by atoms with Gasteiger partial charge in [-0.2, -0.15) is 0 Å². The van der Waals surface area contributed by atoms with Crippen molar-refractivity contribution in [3.8, 4) is 5.75 Å². The molecule has 8 atom stereocenters. The minimum atomic E-state index is -1.78. The van der Waals surface area contributed by atoms with Crippen LogP contribution in [0.3, 0.4) is 0 Å². The first kappa shape index (κ1) is 29.2. The lowest BCUT2D eigenvalue weighted by Crippen LogP contribution is -2.70. The van der Waals surface area contributed by atoms with Crippen LogP contribution in [-0.2, 0) is 41.4 Å². The summed E-state index contributed by atoms with van der Waals surface area (Å²) < 4.78 is 26.5. The Bertz CT molecular complexity index is 1590. The van der Waals surface area contributed by atoms with Crippen molar-refractivity contribution in [1.29, 1.82) is 0 Å². The molecule has 3 bridgehead atoms. The first-order valence-corrected chi connectivity index (χ1v) is 15.3. The summed E-state index contributed by atoms with van der Waals surface area (Å²) in [5.41, 5.74) is -0.0509. The Morgan fingerprint density at radius 2 is 1.80 bits per heavy atom. The Hall–Kier alpha value is -3.56. The van der Waals surface area contributed by atoms with Crippen LogP contribution in [0.25, 0.3) is 0 Å². The Balaban J connectivity index is 1.29. The van der Waals surface area contributed by atoms with Crippen LogP contribution in [0.4, 0.5) is 0 Å². The molecule has 7 rings (SSSR count). The van der Waals surface area contributed by atoms with Crippen molar-refractivity contribution in [2.45, 2.75) is 75.3 Å². The smallest absolute Gasteiger partial charge is 0.310 e. The summed E-state index contributed by atoms with van der Waals surface area (Å²) in [4.78, 5) is 26.6. The molecular weight excluding hydrogens is 560 g/mol. The van der Waals surface area contributed by atoms with Gasteiger partial charge in [0, 0.05) is 18.3 Å². The van der Waals surface area contributed by atoms with E-state index >= 15 is 0 Å². The molecule has 2 saturated heterocycles. The van der Waals surface area contributed by atoms with Gasteiger partial charge in [-0.25, -0.2) is 0 Å². The molecule has 2 aromatic rings. The second kappa shape index (κ2) is 9.97. The number of carbonyl (C=O) groups is 2. The standard InChI is InChI=1S/C36H38O8/c1-21(2)34-17-23(4)36-28(32(34)42-35(43-34,44-36)19-25-8-6-5-7-9-25)15-26(18-33(40)29(36)14-22(3)31(33)39)20-41-30(38)16-24-10-12-27(37)13-11-24/h5-15,23,28-29,32,37,40H,1,16-20H2,2-4H3/t23?,28?,29?,32?,33-,34?,35?,36?/m1/s1. The average Bonchev–Trinajstić information content (AvgIpc) is 3.29. The second-order valence-corrected chi connectivity index (χ2v) is 13.3. The van der Waals surface area contributed by atoms with E-state index in [1.54, 1.807) is 19.1 Å². The topological polar surface area (TPSA) is 112 Å². The number of hydrogen-bond acceptors (Lipinski definition) is 8. The predicted molar refractivity (Wildman–Crippen MR) is 160 cm³/mol. The third-order valence-corrected chi connectivity index (χ3v) is 10.4. The van der Waals surface area contributed by atoms with Gasteiger partial charge >= 0.3 is 5.97 Å². The molecule has 3 fully saturated rings. The monoisotopic (exact) mass is 598 g/mol. The molecule has 3 aliphatic carbocycles. The van der Waals surface area contributed by atoms with Crippen molar-refractivity contribution >= 4 is 11.8 Å². The molecule has 7 unspecified atom stereocenters. The number of benzene rings is 2. The summed E-state index contributed by atoms with van der Waals surface area (Å²) in [6.07, 6.45) is 4.28. The van der Waals surface area contributed by atoms with Gasteiger partial charge in [0.05, 0.1) is 18.4 Å². The minimum Gasteiger partial charge on any atom is -0.508 e. The molecule has 2 aromatic carbocycles. The Morgan fingerprint density at radius 3 is 2.50 bits per heavy atom. The number of Topliss-reactive ketones (excluding diaryl/α,β-unsaturated/α-hetero) is 1. The van der Waals surface area contributed by atoms with Gasteiger partial charge < -0.3 is 29.2 Å². The van der Waals surface area contributed by atoms with Gasteiger partial charge in [-0.1, -0.05) is 68.1 Å². The van der Waals surface area contributed by atoms with E-state index in [1.807, 2.05) is 49.4 Å². The Morgan fingerprint density at radius 1 is 1.07 bits per heavy atom. The lowest BCUT2D eigenvalue weighted by molar-refractivity contribution is -0.421. The fourth-order valence-corrected chi connectivity index (χ4v) is 8.49. The number of phenols is 1. The average molecular weight is 599 g/mol. The van der Waals surface area contributed by atoms with Crippen LogP contribution < -0.4 is 0 Å². The SMILES string of the molecule is C=C(C)C12CC(C)C34OC(Cc5ccccc5)(OC1C3C=C(COC(=O)Cc1ccc(O)cc1)C[C@]1(O)C(=O)C(C)=CC41)O2. The van der Waals surface area contributed by atoms with Crippen LogP contribution in [-0.4, -0.2) is 57.5 Å². The number of phenolic OH excluding ortho intramolecular Hbond substituents is 1. The van der Waals surface area contributed by atoms with Gasteiger partial charge in [0.15, 0.2) is 5.78 Å². The van der Waals surface area contributed by atoms with Crippen molar-refractivity contribution in [1.82, 2.24) is 0 Å². The summed E-state index contributed by atoms with van der Waals surface area (Å²) in [5.74, 6) is -3.37. The predicted octanol–water partition coefficient (Wildman–Crippen LogP) is 4.74. The molecule has 0 amide bonds. The van der Waals surface area contributed by atoms with E-state index in [9.17, 15) is 19.8 Å². The third-order valence-electron chi connectivity index (χ3n) is 10.4. The molecule has 0 spiro atoms. The Kier molecular flexibility index (Phi) is 6.61. The molecule has 0 aromatic heterocycles. The van der Waals surface area contributed by atoms with Crippen LogP contribution in [0.15, 0.2) is 90.0 Å². The summed E-state index contributed by atoms with van der Waals surface area (Å²) in [7, 11) is 0. The van der Waals surface area contributed by atoms with E-state index in [1.165, 1.54) is 12.1 Å². The maximum atomic E-state index is 13.7. The van der Waals surface area contributed by atoms with E-state index in [4.69, 9.17) is 18.9 Å². The molecule has 2 heterocycles. The number of aliphatic hydroxyl groups is 1. The largest absolute Gasteiger partial charge is 0.508 e. The summed E-state index contributed by atoms with van der Waals surface area (Å²) >= 11 is 0. The number of aromatic hydroxyl groups is 1. The quantitative estimate of drug-likeness (QED) is 0.348. The number of ether oxygens (including phenoxy) is 4. The van der Waals surface area contributed by atoms with Crippen molar-refractivity contribution in [2.75, 3.05) is 6.61 Å². The highest BCUT2D eigenvalue weighted by molar-refractivity contribution is 6.04. The lowest BCUT2D eigenvalue weighted by Gasteiger charge is -2.59. The van der Waals surface area contributed by atoms with Crippen molar-refractivity contribution in [2.24, 2.45) is 17.8 Å². The zero-order chi connectivity index (χ0) is 31.1. The molecule has 2 N–H and O–H groups in total. The Labute approximate surface area is 257 Å². The highest BCUT2D eigenvalue weighted by Gasteiger charge is 2.79. The summed E-state index contributed by atoms with van der Waals surface area (Å²) in [5, 5.41) is 21.9. The van der Waals surface area contributed by atoms with Crippen LogP contribution >= 0.6 is 0 Å². The van der Waals surface area contributed by atoms with Crippen molar-refractivity contribution in [3.63, 3.8) is 0 Å². The number of fused-ring (bicyclic) bond motifs is 2. The van der Waals surface area contributed by atoms with Crippen molar-refractivity contribution in [3.05, 3.63) is 101 Å². The molecule has 8 heteroatoms. The maximum absolute atomic E-state index is 13.7. The third kappa shape index (κ3) is 4.19. The maximum Gasteiger partial charge on any atom is 0.310 e. The van der Waals surface area contributed by atoms with Gasteiger partial charge in [0.25, 0.3) is 5.97 Å². The highest BCUT2D eigenvalue weighted by Crippen LogP contribution is 2.68. The zero-order valence-electron chi connectivity index (χ0n) is 25.2. The van der Waals surface area contributed by atoms with Crippen LogP contribution in [0.5, 0.6) is 5.75 Å². The lowest BCUT2D eigenvalue weighted by atomic mass is 9.55. The molecule has 5 aliphatic rings. The van der Waals surface area contributed by atoms with Crippen LogP contribution in [0, 0.1) is 17.8 Å². The molecular formula is C36H38O8. The van der Waals surface area contributed by atoms with Gasteiger partial charge in [0.1, 0.15) is 29.7 Å². The normalized spacial score (nSPS) is 38.3. The first-order chi connectivity index (χ1) is 20.9.